The molecule has 10 nitrogen and oxygen atoms in total. The zero-order valence-corrected chi connectivity index (χ0v) is 19.6. The molecule has 2 aliphatic carbocycles. The number of rotatable bonds is 7. The monoisotopic (exact) mass is 470 g/mol. The van der Waals surface area contributed by atoms with Crippen LogP contribution in [0, 0.1) is 5.92 Å². The average molecular weight is 471 g/mol. The molecule has 5 fully saturated rings. The van der Waals surface area contributed by atoms with Gasteiger partial charge in [-0.2, -0.15) is 5.48 Å². The number of hydrogen-bond donors (Lipinski definition) is 2. The van der Waals surface area contributed by atoms with Crippen molar-refractivity contribution in [3.8, 4) is 0 Å². The quantitative estimate of drug-likeness (QED) is 0.563. The SMILES string of the molecule is CC1CC(CN2C(=O)C3CC(S(=O)(=O)NC4(C)CC4)CCC3N(CC3CCO3)C2=O)ON1. The molecule has 180 valence electrons. The number of carbonyl (C=O) groups is 2. The van der Waals surface area contributed by atoms with Gasteiger partial charge in [0.2, 0.25) is 15.9 Å². The summed E-state index contributed by atoms with van der Waals surface area (Å²) in [6.07, 6.45) is 4.18. The number of sulfonamides is 1. The number of hydrogen-bond acceptors (Lipinski definition) is 7. The molecule has 2 saturated carbocycles. The van der Waals surface area contributed by atoms with Crippen LogP contribution in [0.2, 0.25) is 0 Å². The van der Waals surface area contributed by atoms with E-state index in [1.165, 1.54) is 4.90 Å². The van der Waals surface area contributed by atoms with Gasteiger partial charge in [0.1, 0.15) is 0 Å². The molecule has 3 heterocycles. The van der Waals surface area contributed by atoms with Crippen molar-refractivity contribution in [1.82, 2.24) is 20.0 Å². The van der Waals surface area contributed by atoms with E-state index in [0.717, 1.165) is 19.3 Å². The lowest BCUT2D eigenvalue weighted by Gasteiger charge is -2.49. The molecule has 3 amide bonds. The van der Waals surface area contributed by atoms with Crippen molar-refractivity contribution in [3.63, 3.8) is 0 Å². The second-order valence-corrected chi connectivity index (χ2v) is 12.4. The van der Waals surface area contributed by atoms with Crippen molar-refractivity contribution in [2.75, 3.05) is 19.7 Å². The summed E-state index contributed by atoms with van der Waals surface area (Å²) in [4.78, 5) is 35.5. The lowest BCUT2D eigenvalue weighted by Crippen LogP contribution is -2.66. The Hall–Kier alpha value is -1.27. The Kier molecular flexibility index (Phi) is 5.77. The summed E-state index contributed by atoms with van der Waals surface area (Å²) in [5.74, 6) is -0.798. The third-order valence-electron chi connectivity index (χ3n) is 7.69. The van der Waals surface area contributed by atoms with E-state index >= 15 is 0 Å². The molecule has 0 aromatic carbocycles. The molecule has 11 heteroatoms. The van der Waals surface area contributed by atoms with Crippen LogP contribution in [0.5, 0.6) is 0 Å². The predicted molar refractivity (Wildman–Crippen MR) is 115 cm³/mol. The van der Waals surface area contributed by atoms with E-state index in [9.17, 15) is 18.0 Å². The Bertz CT molecular complexity index is 874. The second-order valence-electron chi connectivity index (χ2n) is 10.5. The van der Waals surface area contributed by atoms with Crippen LogP contribution < -0.4 is 10.2 Å². The van der Waals surface area contributed by atoms with Crippen LogP contribution in [0.15, 0.2) is 0 Å². The summed E-state index contributed by atoms with van der Waals surface area (Å²) >= 11 is 0. The maximum atomic E-state index is 13.5. The van der Waals surface area contributed by atoms with Gasteiger partial charge in [-0.3, -0.25) is 14.5 Å². The maximum absolute atomic E-state index is 13.5. The number of nitrogens with zero attached hydrogens (tertiary/aromatic N) is 2. The van der Waals surface area contributed by atoms with Gasteiger partial charge in [0.05, 0.1) is 29.9 Å². The van der Waals surface area contributed by atoms with Crippen LogP contribution in [0.25, 0.3) is 0 Å². The van der Waals surface area contributed by atoms with Gasteiger partial charge < -0.3 is 9.64 Å². The minimum Gasteiger partial charge on any atom is -0.376 e. The molecule has 32 heavy (non-hydrogen) atoms. The Morgan fingerprint density at radius 3 is 2.47 bits per heavy atom. The number of nitrogens with one attached hydrogen (secondary N) is 2. The van der Waals surface area contributed by atoms with Crippen LogP contribution in [0.4, 0.5) is 4.79 Å². The molecule has 6 atom stereocenters. The normalized spacial score (nSPS) is 39.1. The highest BCUT2D eigenvalue weighted by molar-refractivity contribution is 7.90. The highest BCUT2D eigenvalue weighted by atomic mass is 32.2. The molecular formula is C21H34N4O6S. The first-order valence-corrected chi connectivity index (χ1v) is 13.4. The number of urea groups is 1. The lowest BCUT2D eigenvalue weighted by atomic mass is 9.80. The standard InChI is InChI=1S/C21H34N4O6S/c1-13-9-15(31-22-13)12-25-19(26)17-10-16(32(28,29)23-21(2)6-7-21)3-4-18(17)24(20(25)27)11-14-5-8-30-14/h13-18,22-23H,3-12H2,1-2H3. The van der Waals surface area contributed by atoms with Crippen molar-refractivity contribution in [2.45, 2.75) is 93.9 Å². The van der Waals surface area contributed by atoms with Crippen molar-refractivity contribution in [3.05, 3.63) is 0 Å². The molecule has 5 aliphatic rings. The topological polar surface area (TPSA) is 117 Å². The smallest absolute Gasteiger partial charge is 0.327 e. The summed E-state index contributed by atoms with van der Waals surface area (Å²) < 4.78 is 34.5. The van der Waals surface area contributed by atoms with Crippen molar-refractivity contribution in [1.29, 1.82) is 0 Å². The molecule has 3 aliphatic heterocycles. The fraction of sp³-hybridized carbons (Fsp3) is 0.905. The molecule has 0 aromatic rings. The zero-order chi connectivity index (χ0) is 22.7. The molecule has 5 rings (SSSR count). The molecule has 0 spiro atoms. The van der Waals surface area contributed by atoms with E-state index in [1.807, 2.05) is 13.8 Å². The third kappa shape index (κ3) is 4.29. The van der Waals surface area contributed by atoms with E-state index in [0.29, 0.717) is 32.4 Å². The van der Waals surface area contributed by atoms with Gasteiger partial charge >= 0.3 is 6.03 Å². The van der Waals surface area contributed by atoms with Crippen molar-refractivity contribution in [2.24, 2.45) is 5.92 Å². The zero-order valence-electron chi connectivity index (χ0n) is 18.8. The third-order valence-corrected chi connectivity index (χ3v) is 9.77. The summed E-state index contributed by atoms with van der Waals surface area (Å²) in [5, 5.41) is -0.619. The number of fused-ring (bicyclic) bond motifs is 1. The molecule has 6 unspecified atom stereocenters. The van der Waals surface area contributed by atoms with E-state index in [-0.39, 0.29) is 54.7 Å². The minimum atomic E-state index is -3.53. The van der Waals surface area contributed by atoms with Gasteiger partial charge in [-0.1, -0.05) is 0 Å². The first-order chi connectivity index (χ1) is 15.2. The molecule has 0 radical (unpaired) electrons. The first kappa shape index (κ1) is 22.5. The molecule has 2 N–H and O–H groups in total. The Balaban J connectivity index is 1.35. The van der Waals surface area contributed by atoms with Crippen LogP contribution in [0.1, 0.15) is 58.8 Å². The molecule has 0 aromatic heterocycles. The highest BCUT2D eigenvalue weighted by Crippen LogP contribution is 2.40. The number of ether oxygens (including phenoxy) is 1. The van der Waals surface area contributed by atoms with Crippen LogP contribution in [-0.4, -0.2) is 84.9 Å². The van der Waals surface area contributed by atoms with Gasteiger partial charge in [0, 0.05) is 30.8 Å². The van der Waals surface area contributed by atoms with E-state index in [2.05, 4.69) is 10.2 Å². The second kappa shape index (κ2) is 8.19. The minimum absolute atomic E-state index is 0.0167. The Morgan fingerprint density at radius 2 is 1.88 bits per heavy atom. The van der Waals surface area contributed by atoms with Crippen LogP contribution in [-0.2, 0) is 24.4 Å². The van der Waals surface area contributed by atoms with Crippen LogP contribution in [0.3, 0.4) is 0 Å². The molecule has 3 saturated heterocycles. The summed E-state index contributed by atoms with van der Waals surface area (Å²) in [6.45, 7) is 5.21. The largest absolute Gasteiger partial charge is 0.376 e. The predicted octanol–water partition coefficient (Wildman–Crippen LogP) is 0.731. The van der Waals surface area contributed by atoms with Gasteiger partial charge in [-0.25, -0.2) is 17.9 Å². The van der Waals surface area contributed by atoms with E-state index in [4.69, 9.17) is 9.57 Å². The Morgan fingerprint density at radius 1 is 1.12 bits per heavy atom. The fourth-order valence-electron chi connectivity index (χ4n) is 5.39. The van der Waals surface area contributed by atoms with E-state index < -0.39 is 21.2 Å². The van der Waals surface area contributed by atoms with Crippen LogP contribution >= 0.6 is 0 Å². The number of carbonyl (C=O) groups excluding carboxylic acids is 2. The molecular weight excluding hydrogens is 436 g/mol. The fourth-order valence-corrected chi connectivity index (χ4v) is 7.36. The average Bonchev–Trinajstić information content (AvgIpc) is 3.27. The number of amides is 3. The number of imide groups is 1. The van der Waals surface area contributed by atoms with Gasteiger partial charge in [0.15, 0.2) is 0 Å². The summed E-state index contributed by atoms with van der Waals surface area (Å²) in [7, 11) is -3.53. The number of hydroxylamine groups is 1. The van der Waals surface area contributed by atoms with Gasteiger partial charge in [0.25, 0.3) is 0 Å². The van der Waals surface area contributed by atoms with Crippen molar-refractivity contribution < 1.29 is 27.6 Å². The molecule has 0 bridgehead atoms. The van der Waals surface area contributed by atoms with Gasteiger partial charge in [-0.05, 0) is 58.8 Å². The summed E-state index contributed by atoms with van der Waals surface area (Å²) in [6, 6.07) is -0.430. The first-order valence-electron chi connectivity index (χ1n) is 11.8. The van der Waals surface area contributed by atoms with E-state index in [1.54, 1.807) is 4.90 Å². The van der Waals surface area contributed by atoms with Crippen molar-refractivity contribution >= 4 is 22.0 Å². The highest BCUT2D eigenvalue weighted by Gasteiger charge is 2.53. The maximum Gasteiger partial charge on any atom is 0.327 e. The van der Waals surface area contributed by atoms with Gasteiger partial charge in [-0.15, -0.1) is 0 Å². The lowest BCUT2D eigenvalue weighted by molar-refractivity contribution is -0.145. The Labute approximate surface area is 189 Å². The summed E-state index contributed by atoms with van der Waals surface area (Å²) in [5.41, 5.74) is 2.55.